The first-order valence-electron chi connectivity index (χ1n) is 7.87. The Morgan fingerprint density at radius 1 is 1.28 bits per heavy atom. The zero-order valence-corrected chi connectivity index (χ0v) is 14.5. The van der Waals surface area contributed by atoms with Crippen LogP contribution in [0.4, 0.5) is 4.79 Å². The lowest BCUT2D eigenvalue weighted by molar-refractivity contribution is -0.121. The highest BCUT2D eigenvalue weighted by Gasteiger charge is 2.16. The lowest BCUT2D eigenvalue weighted by Gasteiger charge is -2.19. The Morgan fingerprint density at radius 2 is 2.08 bits per heavy atom. The van der Waals surface area contributed by atoms with Gasteiger partial charge in [0.2, 0.25) is 5.91 Å². The number of alkyl carbamates (subject to hydrolysis) is 1. The normalized spacial score (nSPS) is 11.0. The molecule has 9 heteroatoms. The van der Waals surface area contributed by atoms with Gasteiger partial charge in [0.05, 0.1) is 0 Å². The van der Waals surface area contributed by atoms with Crippen LogP contribution in [0, 0.1) is 0 Å². The summed E-state index contributed by atoms with van der Waals surface area (Å²) in [5.41, 5.74) is 0.242. The number of pyridine rings is 1. The summed E-state index contributed by atoms with van der Waals surface area (Å²) >= 11 is 0. The second-order valence-corrected chi connectivity index (χ2v) is 6.28. The smallest absolute Gasteiger partial charge is 0.407 e. The Labute approximate surface area is 145 Å². The SMILES string of the molecule is CC(C)(C)OC(=O)NCCC(=O)NCc1cccnc1-n1cncn1. The van der Waals surface area contributed by atoms with Crippen molar-refractivity contribution in [1.29, 1.82) is 0 Å². The number of carbonyl (C=O) groups is 2. The van der Waals surface area contributed by atoms with Crippen molar-refractivity contribution in [3.05, 3.63) is 36.5 Å². The minimum absolute atomic E-state index is 0.151. The van der Waals surface area contributed by atoms with Gasteiger partial charge in [-0.15, -0.1) is 0 Å². The summed E-state index contributed by atoms with van der Waals surface area (Å²) in [6, 6.07) is 3.63. The standard InChI is InChI=1S/C16H22N6O3/c1-16(2,3)25-15(24)19-8-6-13(23)20-9-12-5-4-7-18-14(12)22-11-17-10-21-22/h4-5,7,10-11H,6,8-9H2,1-3H3,(H,19,24)(H,20,23). The van der Waals surface area contributed by atoms with Crippen LogP contribution in [-0.2, 0) is 16.1 Å². The van der Waals surface area contributed by atoms with Crippen molar-refractivity contribution in [2.24, 2.45) is 0 Å². The van der Waals surface area contributed by atoms with Gasteiger partial charge in [-0.05, 0) is 26.8 Å². The van der Waals surface area contributed by atoms with E-state index in [4.69, 9.17) is 4.74 Å². The molecule has 0 aliphatic heterocycles. The molecule has 2 aromatic rings. The summed E-state index contributed by atoms with van der Waals surface area (Å²) in [6.07, 6.45) is 4.21. The maximum atomic E-state index is 11.9. The third kappa shape index (κ3) is 6.21. The second-order valence-electron chi connectivity index (χ2n) is 6.28. The summed E-state index contributed by atoms with van der Waals surface area (Å²) in [6.45, 7) is 5.83. The summed E-state index contributed by atoms with van der Waals surface area (Å²) in [4.78, 5) is 31.6. The van der Waals surface area contributed by atoms with Crippen molar-refractivity contribution in [2.75, 3.05) is 6.54 Å². The number of rotatable bonds is 6. The molecule has 0 unspecified atom stereocenters. The van der Waals surface area contributed by atoms with E-state index >= 15 is 0 Å². The largest absolute Gasteiger partial charge is 0.444 e. The Balaban J connectivity index is 1.79. The number of nitrogens with one attached hydrogen (secondary N) is 2. The highest BCUT2D eigenvalue weighted by molar-refractivity contribution is 5.77. The van der Waals surface area contributed by atoms with Gasteiger partial charge in [0, 0.05) is 31.3 Å². The van der Waals surface area contributed by atoms with E-state index in [2.05, 4.69) is 25.7 Å². The molecule has 0 saturated heterocycles. The van der Waals surface area contributed by atoms with Crippen molar-refractivity contribution in [3.8, 4) is 5.82 Å². The fourth-order valence-electron chi connectivity index (χ4n) is 1.97. The number of carbonyl (C=O) groups excluding carboxylic acids is 2. The fraction of sp³-hybridized carbons (Fsp3) is 0.438. The average molecular weight is 346 g/mol. The number of hydrogen-bond donors (Lipinski definition) is 2. The zero-order valence-electron chi connectivity index (χ0n) is 14.5. The number of hydrogen-bond acceptors (Lipinski definition) is 6. The molecule has 2 rings (SSSR count). The fourth-order valence-corrected chi connectivity index (χ4v) is 1.97. The van der Waals surface area contributed by atoms with E-state index in [0.29, 0.717) is 12.4 Å². The summed E-state index contributed by atoms with van der Waals surface area (Å²) < 4.78 is 6.63. The van der Waals surface area contributed by atoms with Crippen LogP contribution in [0.2, 0.25) is 0 Å². The van der Waals surface area contributed by atoms with E-state index in [-0.39, 0.29) is 18.9 Å². The minimum atomic E-state index is -0.565. The van der Waals surface area contributed by atoms with Gasteiger partial charge in [-0.2, -0.15) is 5.10 Å². The van der Waals surface area contributed by atoms with Gasteiger partial charge >= 0.3 is 6.09 Å². The quantitative estimate of drug-likeness (QED) is 0.813. The maximum absolute atomic E-state index is 11.9. The van der Waals surface area contributed by atoms with Gasteiger partial charge in [-0.3, -0.25) is 4.79 Å². The lowest BCUT2D eigenvalue weighted by Crippen LogP contribution is -2.35. The highest BCUT2D eigenvalue weighted by Crippen LogP contribution is 2.09. The molecule has 134 valence electrons. The summed E-state index contributed by atoms with van der Waals surface area (Å²) in [5, 5.41) is 9.38. The van der Waals surface area contributed by atoms with Gasteiger partial charge in [-0.1, -0.05) is 6.07 Å². The number of aromatic nitrogens is 4. The van der Waals surface area contributed by atoms with Crippen LogP contribution in [0.1, 0.15) is 32.8 Å². The number of ether oxygens (including phenoxy) is 1. The van der Waals surface area contributed by atoms with Crippen molar-refractivity contribution in [2.45, 2.75) is 39.3 Å². The predicted octanol–water partition coefficient (Wildman–Crippen LogP) is 1.19. The molecule has 2 amide bonds. The Hall–Kier alpha value is -2.97. The number of nitrogens with zero attached hydrogens (tertiary/aromatic N) is 4. The van der Waals surface area contributed by atoms with Gasteiger partial charge in [0.15, 0.2) is 5.82 Å². The van der Waals surface area contributed by atoms with E-state index in [9.17, 15) is 9.59 Å². The molecule has 0 spiro atoms. The Kier molecular flexibility index (Phi) is 6.04. The van der Waals surface area contributed by atoms with Crippen LogP contribution in [0.15, 0.2) is 31.0 Å². The van der Waals surface area contributed by atoms with Gasteiger partial charge in [0.25, 0.3) is 0 Å². The molecule has 0 radical (unpaired) electrons. The van der Waals surface area contributed by atoms with Gasteiger partial charge in [0.1, 0.15) is 18.3 Å². The topological polar surface area (TPSA) is 111 Å². The lowest BCUT2D eigenvalue weighted by atomic mass is 10.2. The van der Waals surface area contributed by atoms with Gasteiger partial charge < -0.3 is 15.4 Å². The van der Waals surface area contributed by atoms with E-state index in [1.54, 1.807) is 39.4 Å². The maximum Gasteiger partial charge on any atom is 0.407 e. The average Bonchev–Trinajstić information content (AvgIpc) is 3.05. The van der Waals surface area contributed by atoms with Crippen LogP contribution in [0.3, 0.4) is 0 Å². The molecule has 0 saturated carbocycles. The molecule has 0 atom stereocenters. The highest BCUT2D eigenvalue weighted by atomic mass is 16.6. The van der Waals surface area contributed by atoms with Crippen molar-refractivity contribution in [3.63, 3.8) is 0 Å². The first-order chi connectivity index (χ1) is 11.8. The van der Waals surface area contributed by atoms with Crippen molar-refractivity contribution < 1.29 is 14.3 Å². The monoisotopic (exact) mass is 346 g/mol. The molecule has 9 nitrogen and oxygen atoms in total. The van der Waals surface area contributed by atoms with Crippen LogP contribution >= 0.6 is 0 Å². The van der Waals surface area contributed by atoms with E-state index in [0.717, 1.165) is 5.56 Å². The molecule has 0 bridgehead atoms. The third-order valence-electron chi connectivity index (χ3n) is 3.00. The molecule has 25 heavy (non-hydrogen) atoms. The first-order valence-corrected chi connectivity index (χ1v) is 7.87. The molecule has 2 aromatic heterocycles. The minimum Gasteiger partial charge on any atom is -0.444 e. The van der Waals surface area contributed by atoms with E-state index < -0.39 is 11.7 Å². The molecule has 0 aliphatic carbocycles. The molecule has 0 aliphatic rings. The molecular weight excluding hydrogens is 324 g/mol. The zero-order chi connectivity index (χ0) is 18.3. The van der Waals surface area contributed by atoms with Crippen LogP contribution in [-0.4, -0.2) is 43.9 Å². The number of amides is 2. The van der Waals surface area contributed by atoms with Crippen LogP contribution in [0.5, 0.6) is 0 Å². The molecule has 2 N–H and O–H groups in total. The molecular formula is C16H22N6O3. The van der Waals surface area contributed by atoms with E-state index in [1.165, 1.54) is 11.0 Å². The van der Waals surface area contributed by atoms with Crippen LogP contribution < -0.4 is 10.6 Å². The van der Waals surface area contributed by atoms with E-state index in [1.807, 2.05) is 6.07 Å². The molecule has 0 aromatic carbocycles. The van der Waals surface area contributed by atoms with Crippen molar-refractivity contribution >= 4 is 12.0 Å². The summed E-state index contributed by atoms with van der Waals surface area (Å²) in [7, 11) is 0. The van der Waals surface area contributed by atoms with Crippen molar-refractivity contribution in [1.82, 2.24) is 30.4 Å². The predicted molar refractivity (Wildman–Crippen MR) is 89.9 cm³/mol. The first kappa shape index (κ1) is 18.4. The Bertz CT molecular complexity index is 709. The van der Waals surface area contributed by atoms with Crippen LogP contribution in [0.25, 0.3) is 5.82 Å². The molecule has 0 fully saturated rings. The van der Waals surface area contributed by atoms with Gasteiger partial charge in [-0.25, -0.2) is 19.4 Å². The third-order valence-corrected chi connectivity index (χ3v) is 3.00. The Morgan fingerprint density at radius 3 is 2.76 bits per heavy atom. The summed E-state index contributed by atoms with van der Waals surface area (Å²) in [5.74, 6) is 0.414. The second kappa shape index (κ2) is 8.22. The molecule has 2 heterocycles.